The first kappa shape index (κ1) is 20.7. The van der Waals surface area contributed by atoms with Crippen molar-refractivity contribution in [3.8, 4) is 5.69 Å². The van der Waals surface area contributed by atoms with E-state index in [1.807, 2.05) is 38.1 Å². The Labute approximate surface area is 160 Å². The van der Waals surface area contributed by atoms with Crippen molar-refractivity contribution in [2.75, 3.05) is 11.9 Å². The summed E-state index contributed by atoms with van der Waals surface area (Å²) < 4.78 is 6.65. The number of esters is 1. The fourth-order valence-corrected chi connectivity index (χ4v) is 2.64. The van der Waals surface area contributed by atoms with Gasteiger partial charge >= 0.3 is 5.97 Å². The molecule has 1 heterocycles. The van der Waals surface area contributed by atoms with Crippen LogP contribution in [0.2, 0.25) is 0 Å². The zero-order valence-electron chi connectivity index (χ0n) is 17.0. The van der Waals surface area contributed by atoms with Crippen LogP contribution < -0.4 is 5.32 Å². The maximum atomic E-state index is 12.4. The highest BCUT2D eigenvalue weighted by Gasteiger charge is 2.22. The van der Waals surface area contributed by atoms with Crippen LogP contribution in [0.1, 0.15) is 57.4 Å². The normalized spacial score (nSPS) is 11.3. The van der Waals surface area contributed by atoms with Gasteiger partial charge < -0.3 is 10.1 Å². The number of aromatic nitrogens is 2. The van der Waals surface area contributed by atoms with E-state index >= 15 is 0 Å². The van der Waals surface area contributed by atoms with Crippen LogP contribution in [0, 0.1) is 13.8 Å². The topological polar surface area (TPSA) is 73.2 Å². The van der Waals surface area contributed by atoms with Crippen molar-refractivity contribution in [2.45, 2.75) is 59.8 Å². The Morgan fingerprint density at radius 3 is 2.52 bits per heavy atom. The zero-order chi connectivity index (χ0) is 20.2. The number of carbonyl (C=O) groups excluding carboxylic acids is 2. The molecule has 2 aromatic rings. The Morgan fingerprint density at radius 2 is 1.89 bits per heavy atom. The molecule has 0 fully saturated rings. The average Bonchev–Trinajstić information content (AvgIpc) is 3.00. The number of nitrogens with one attached hydrogen (secondary N) is 1. The number of hydrogen-bond acceptors (Lipinski definition) is 4. The summed E-state index contributed by atoms with van der Waals surface area (Å²) in [7, 11) is 0. The minimum Gasteiger partial charge on any atom is -0.466 e. The van der Waals surface area contributed by atoms with E-state index in [1.54, 1.807) is 11.6 Å². The molecule has 0 aliphatic rings. The van der Waals surface area contributed by atoms with E-state index in [2.05, 4.69) is 26.1 Å². The van der Waals surface area contributed by atoms with Crippen molar-refractivity contribution in [2.24, 2.45) is 0 Å². The molecule has 0 radical (unpaired) electrons. The number of benzene rings is 1. The van der Waals surface area contributed by atoms with Gasteiger partial charge in [0.2, 0.25) is 5.91 Å². The second kappa shape index (κ2) is 8.37. The van der Waals surface area contributed by atoms with E-state index in [0.717, 1.165) is 22.5 Å². The Kier molecular flexibility index (Phi) is 6.41. The highest BCUT2D eigenvalue weighted by Crippen LogP contribution is 2.28. The lowest BCUT2D eigenvalue weighted by Gasteiger charge is -2.15. The van der Waals surface area contributed by atoms with Gasteiger partial charge in [0.25, 0.3) is 0 Å². The summed E-state index contributed by atoms with van der Waals surface area (Å²) in [4.78, 5) is 23.8. The van der Waals surface area contributed by atoms with Gasteiger partial charge in [-0.15, -0.1) is 0 Å². The summed E-state index contributed by atoms with van der Waals surface area (Å²) in [6.07, 6.45) is 0.130. The van der Waals surface area contributed by atoms with E-state index in [-0.39, 0.29) is 30.1 Å². The quantitative estimate of drug-likeness (QED) is 0.777. The van der Waals surface area contributed by atoms with Gasteiger partial charge in [-0.1, -0.05) is 32.9 Å². The summed E-state index contributed by atoms with van der Waals surface area (Å²) >= 11 is 0. The van der Waals surface area contributed by atoms with Crippen molar-refractivity contribution in [3.05, 3.63) is 41.1 Å². The first-order chi connectivity index (χ1) is 12.6. The van der Waals surface area contributed by atoms with Gasteiger partial charge in [0.15, 0.2) is 0 Å². The van der Waals surface area contributed by atoms with Crippen molar-refractivity contribution in [1.29, 1.82) is 0 Å². The van der Waals surface area contributed by atoms with Crippen LogP contribution >= 0.6 is 0 Å². The number of anilines is 1. The van der Waals surface area contributed by atoms with E-state index in [4.69, 9.17) is 9.84 Å². The van der Waals surface area contributed by atoms with Gasteiger partial charge in [-0.2, -0.15) is 5.10 Å². The molecule has 2 rings (SSSR count). The van der Waals surface area contributed by atoms with E-state index in [0.29, 0.717) is 12.4 Å². The van der Waals surface area contributed by atoms with Crippen molar-refractivity contribution in [1.82, 2.24) is 9.78 Å². The predicted octanol–water partition coefficient (Wildman–Crippen LogP) is 4.07. The average molecular weight is 371 g/mol. The van der Waals surface area contributed by atoms with Crippen LogP contribution in [0.5, 0.6) is 0 Å². The largest absolute Gasteiger partial charge is 0.466 e. The minimum atomic E-state index is -0.369. The number of hydrogen-bond donors (Lipinski definition) is 1. The first-order valence-corrected chi connectivity index (χ1v) is 9.26. The van der Waals surface area contributed by atoms with Crippen LogP contribution in [-0.2, 0) is 19.7 Å². The lowest BCUT2D eigenvalue weighted by molar-refractivity contribution is -0.144. The Morgan fingerprint density at radius 1 is 1.19 bits per heavy atom. The maximum absolute atomic E-state index is 12.4. The third-order valence-electron chi connectivity index (χ3n) is 4.41. The molecule has 1 aromatic carbocycles. The van der Waals surface area contributed by atoms with Crippen LogP contribution in [0.25, 0.3) is 5.69 Å². The highest BCUT2D eigenvalue weighted by molar-refractivity contribution is 5.92. The molecule has 0 saturated carbocycles. The lowest BCUT2D eigenvalue weighted by Crippen LogP contribution is -2.17. The van der Waals surface area contributed by atoms with Gasteiger partial charge in [-0.25, -0.2) is 4.68 Å². The molecular formula is C21H29N3O3. The van der Waals surface area contributed by atoms with Crippen molar-refractivity contribution >= 4 is 17.7 Å². The van der Waals surface area contributed by atoms with E-state index in [1.165, 1.54) is 0 Å². The molecule has 6 nitrogen and oxygen atoms in total. The molecule has 1 amide bonds. The zero-order valence-corrected chi connectivity index (χ0v) is 17.0. The van der Waals surface area contributed by atoms with Crippen molar-refractivity contribution < 1.29 is 14.3 Å². The summed E-state index contributed by atoms with van der Waals surface area (Å²) in [5, 5.41) is 7.64. The number of carbonyl (C=O) groups is 2. The molecule has 6 heteroatoms. The second-order valence-corrected chi connectivity index (χ2v) is 7.65. The Hall–Kier alpha value is -2.63. The molecule has 1 aromatic heterocycles. The summed E-state index contributed by atoms with van der Waals surface area (Å²) in [6.45, 7) is 12.4. The molecule has 0 spiro atoms. The van der Waals surface area contributed by atoms with E-state index < -0.39 is 0 Å². The fraction of sp³-hybridized carbons (Fsp3) is 0.476. The number of ether oxygens (including phenoxy) is 1. The smallest absolute Gasteiger partial charge is 0.306 e. The van der Waals surface area contributed by atoms with Crippen LogP contribution in [0.3, 0.4) is 0 Å². The van der Waals surface area contributed by atoms with Crippen molar-refractivity contribution in [3.63, 3.8) is 0 Å². The molecular weight excluding hydrogens is 342 g/mol. The monoisotopic (exact) mass is 371 g/mol. The second-order valence-electron chi connectivity index (χ2n) is 7.65. The number of amides is 1. The van der Waals surface area contributed by atoms with Crippen LogP contribution in [-0.4, -0.2) is 28.3 Å². The molecule has 0 unspecified atom stereocenters. The SMILES string of the molecule is CCOC(=O)CCC(=O)Nc1cc(C(C)(C)C)nn1-c1cccc(C)c1C. The van der Waals surface area contributed by atoms with Gasteiger partial charge in [-0.3, -0.25) is 9.59 Å². The Balaban J connectivity index is 2.32. The molecule has 0 bridgehead atoms. The predicted molar refractivity (Wildman–Crippen MR) is 106 cm³/mol. The fourth-order valence-electron chi connectivity index (χ4n) is 2.64. The summed E-state index contributed by atoms with van der Waals surface area (Å²) in [6, 6.07) is 7.90. The molecule has 0 aliphatic heterocycles. The molecule has 0 saturated heterocycles. The Bertz CT molecular complexity index is 832. The lowest BCUT2D eigenvalue weighted by atomic mass is 9.92. The minimum absolute atomic E-state index is 0.0589. The molecule has 146 valence electrons. The summed E-state index contributed by atoms with van der Waals surface area (Å²) in [5.41, 5.74) is 3.89. The number of nitrogens with zero attached hydrogens (tertiary/aromatic N) is 2. The van der Waals surface area contributed by atoms with Gasteiger partial charge in [-0.05, 0) is 38.0 Å². The van der Waals surface area contributed by atoms with Crippen LogP contribution in [0.15, 0.2) is 24.3 Å². The molecule has 0 aliphatic carbocycles. The standard InChI is InChI=1S/C21H29N3O3/c1-7-27-20(26)12-11-19(25)22-18-13-17(21(4,5)6)23-24(18)16-10-8-9-14(2)15(16)3/h8-10,13H,7,11-12H2,1-6H3,(H,22,25). The van der Waals surface area contributed by atoms with Gasteiger partial charge in [0.1, 0.15) is 5.82 Å². The highest BCUT2D eigenvalue weighted by atomic mass is 16.5. The third-order valence-corrected chi connectivity index (χ3v) is 4.41. The molecule has 27 heavy (non-hydrogen) atoms. The summed E-state index contributed by atoms with van der Waals surface area (Å²) in [5.74, 6) is -0.0106. The van der Waals surface area contributed by atoms with Gasteiger partial charge in [0.05, 0.1) is 24.4 Å². The van der Waals surface area contributed by atoms with Crippen LogP contribution in [0.4, 0.5) is 5.82 Å². The first-order valence-electron chi connectivity index (χ1n) is 9.26. The number of aryl methyl sites for hydroxylation is 1. The van der Waals surface area contributed by atoms with E-state index in [9.17, 15) is 9.59 Å². The van der Waals surface area contributed by atoms with Gasteiger partial charge in [0, 0.05) is 17.9 Å². The maximum Gasteiger partial charge on any atom is 0.306 e. The number of rotatable bonds is 6. The molecule has 1 N–H and O–H groups in total. The third kappa shape index (κ3) is 5.18. The molecule has 0 atom stereocenters.